The number of esters is 1. The fraction of sp³-hybridized carbons (Fsp3) is 0.611. The summed E-state index contributed by atoms with van der Waals surface area (Å²) in [6.07, 6.45) is 2.01. The van der Waals surface area contributed by atoms with Crippen LogP contribution in [0.4, 0.5) is 0 Å². The summed E-state index contributed by atoms with van der Waals surface area (Å²) in [6, 6.07) is 9.94. The van der Waals surface area contributed by atoms with Crippen LogP contribution in [0.2, 0.25) is 0 Å². The number of rotatable bonds is 4. The Bertz CT molecular complexity index is 543. The van der Waals surface area contributed by atoms with Gasteiger partial charge in [0.05, 0.1) is 7.45 Å². The fourth-order valence-corrected chi connectivity index (χ4v) is 3.88. The van der Waals surface area contributed by atoms with E-state index >= 15 is 0 Å². The van der Waals surface area contributed by atoms with Gasteiger partial charge in [0.1, 0.15) is 12.0 Å². The first-order valence-corrected chi connectivity index (χ1v) is 8.06. The van der Waals surface area contributed by atoms with Crippen LogP contribution in [0.5, 0.6) is 0 Å². The third-order valence-electron chi connectivity index (χ3n) is 5.12. The van der Waals surface area contributed by atoms with E-state index in [1.54, 1.807) is 24.3 Å². The Kier molecular flexibility index (Phi) is 4.13. The van der Waals surface area contributed by atoms with Crippen molar-refractivity contribution in [2.24, 2.45) is 0 Å². The summed E-state index contributed by atoms with van der Waals surface area (Å²) >= 11 is 0. The maximum Gasteiger partial charge on any atom is 0.316 e. The molecule has 1 aromatic rings. The minimum absolute atomic E-state index is 0.107. The van der Waals surface area contributed by atoms with Crippen molar-refractivity contribution in [3.63, 3.8) is 0 Å². The molecular weight excluding hydrogens is 278 g/mol. The van der Waals surface area contributed by atoms with Crippen LogP contribution in [-0.4, -0.2) is 47.3 Å². The van der Waals surface area contributed by atoms with Gasteiger partial charge in [0.2, 0.25) is 0 Å². The monoisotopic (exact) mass is 304 g/mol. The van der Waals surface area contributed by atoms with Gasteiger partial charge < -0.3 is 14.7 Å². The molecule has 0 saturated carbocycles. The second-order valence-electron chi connectivity index (χ2n) is 6.57. The standard InChI is InChI=1S/C18H25NO3/c1-12(20)17(13-6-4-3-5-7-13)18(21)22-16-10-14-8-9-15(11-16)19(14)2/h3-7,12,14-17,20H,8-11H2,1-2H3/t12?,14-,15?,16?,17?/m1/s1/i12D. The number of fused-ring (bicyclic) bond motifs is 2. The van der Waals surface area contributed by atoms with Crippen LogP contribution in [0.15, 0.2) is 30.3 Å². The average Bonchev–Trinajstić information content (AvgIpc) is 2.70. The van der Waals surface area contributed by atoms with Crippen molar-refractivity contribution >= 4 is 5.97 Å². The van der Waals surface area contributed by atoms with Crippen molar-refractivity contribution in [2.45, 2.75) is 62.8 Å². The van der Waals surface area contributed by atoms with E-state index < -0.39 is 18.0 Å². The minimum Gasteiger partial charge on any atom is -0.462 e. The average molecular weight is 304 g/mol. The molecule has 1 aromatic carbocycles. The molecule has 2 bridgehead atoms. The van der Waals surface area contributed by atoms with Crippen molar-refractivity contribution < 1.29 is 16.0 Å². The molecule has 2 heterocycles. The van der Waals surface area contributed by atoms with Crippen LogP contribution in [-0.2, 0) is 9.53 Å². The number of aliphatic hydroxyl groups is 1. The van der Waals surface area contributed by atoms with Crippen molar-refractivity contribution in [3.05, 3.63) is 35.9 Å². The van der Waals surface area contributed by atoms with E-state index in [4.69, 9.17) is 6.11 Å². The molecule has 4 nitrogen and oxygen atoms in total. The second kappa shape index (κ2) is 6.39. The topological polar surface area (TPSA) is 49.8 Å². The third kappa shape index (κ3) is 3.03. The zero-order chi connectivity index (χ0) is 16.6. The van der Waals surface area contributed by atoms with Crippen LogP contribution in [0.3, 0.4) is 0 Å². The van der Waals surface area contributed by atoms with Crippen LogP contribution in [0, 0.1) is 0 Å². The zero-order valence-corrected chi connectivity index (χ0v) is 13.2. The van der Waals surface area contributed by atoms with E-state index in [1.165, 1.54) is 6.92 Å². The van der Waals surface area contributed by atoms with Gasteiger partial charge in [-0.25, -0.2) is 0 Å². The first-order chi connectivity index (χ1) is 10.9. The van der Waals surface area contributed by atoms with Crippen LogP contribution in [0.25, 0.3) is 0 Å². The van der Waals surface area contributed by atoms with Crippen molar-refractivity contribution in [1.82, 2.24) is 4.90 Å². The number of nitrogens with zero attached hydrogens (tertiary/aromatic N) is 1. The molecule has 120 valence electrons. The van der Waals surface area contributed by atoms with Gasteiger partial charge in [0, 0.05) is 12.1 Å². The fourth-order valence-electron chi connectivity index (χ4n) is 3.88. The summed E-state index contributed by atoms with van der Waals surface area (Å²) in [6.45, 7) is 1.34. The second-order valence-corrected chi connectivity index (χ2v) is 6.57. The van der Waals surface area contributed by atoms with E-state index in [2.05, 4.69) is 11.9 Å². The SMILES string of the molecule is [2H]C(C)(O)C(C(=O)OC1CC2CC[C@H](C1)N2C)c1ccccc1. The molecule has 4 unspecified atom stereocenters. The highest BCUT2D eigenvalue weighted by Gasteiger charge is 2.40. The van der Waals surface area contributed by atoms with Gasteiger partial charge in [-0.05, 0) is 45.2 Å². The summed E-state index contributed by atoms with van der Waals surface area (Å²) in [5.74, 6) is -1.48. The molecule has 1 N–H and O–H groups in total. The zero-order valence-electron chi connectivity index (χ0n) is 14.2. The molecule has 3 rings (SSSR count). The Morgan fingerprint density at radius 2 is 1.91 bits per heavy atom. The molecule has 2 aliphatic heterocycles. The van der Waals surface area contributed by atoms with Gasteiger partial charge in [-0.2, -0.15) is 0 Å². The van der Waals surface area contributed by atoms with Gasteiger partial charge in [-0.3, -0.25) is 4.79 Å². The lowest BCUT2D eigenvalue weighted by Gasteiger charge is -2.36. The smallest absolute Gasteiger partial charge is 0.316 e. The number of piperidine rings is 1. The van der Waals surface area contributed by atoms with E-state index in [9.17, 15) is 9.90 Å². The number of ether oxygens (including phenoxy) is 1. The minimum atomic E-state index is -1.90. The molecular formula is C18H25NO3. The normalized spacial score (nSPS) is 32.9. The highest BCUT2D eigenvalue weighted by Crippen LogP contribution is 2.36. The number of benzene rings is 1. The predicted molar refractivity (Wildman–Crippen MR) is 84.6 cm³/mol. The summed E-state index contributed by atoms with van der Waals surface area (Å²) in [5, 5.41) is 10.1. The maximum absolute atomic E-state index is 12.7. The van der Waals surface area contributed by atoms with E-state index in [0.29, 0.717) is 17.6 Å². The van der Waals surface area contributed by atoms with Gasteiger partial charge in [0.25, 0.3) is 0 Å². The van der Waals surface area contributed by atoms with Gasteiger partial charge >= 0.3 is 5.97 Å². The molecule has 2 fully saturated rings. The Balaban J connectivity index is 1.72. The number of carbonyl (C=O) groups excluding carboxylic acids is 1. The van der Waals surface area contributed by atoms with Gasteiger partial charge in [0.15, 0.2) is 0 Å². The predicted octanol–water partition coefficient (Wildman–Crippen LogP) is 2.32. The lowest BCUT2D eigenvalue weighted by Crippen LogP contribution is -2.44. The Morgan fingerprint density at radius 1 is 1.32 bits per heavy atom. The van der Waals surface area contributed by atoms with Crippen molar-refractivity contribution in [2.75, 3.05) is 7.05 Å². The number of hydrogen-bond acceptors (Lipinski definition) is 4. The molecule has 22 heavy (non-hydrogen) atoms. The number of carbonyl (C=O) groups is 1. The van der Waals surface area contributed by atoms with Gasteiger partial charge in [-0.1, -0.05) is 30.3 Å². The summed E-state index contributed by atoms with van der Waals surface area (Å²) in [7, 11) is 2.14. The number of hydrogen-bond donors (Lipinski definition) is 1. The van der Waals surface area contributed by atoms with E-state index in [0.717, 1.165) is 25.7 Å². The van der Waals surface area contributed by atoms with Crippen LogP contribution < -0.4 is 0 Å². The molecule has 4 heteroatoms. The highest BCUT2D eigenvalue weighted by atomic mass is 16.5. The third-order valence-corrected chi connectivity index (χ3v) is 5.12. The van der Waals surface area contributed by atoms with Crippen molar-refractivity contribution in [1.29, 1.82) is 0 Å². The largest absolute Gasteiger partial charge is 0.462 e. The Hall–Kier alpha value is -1.39. The molecule has 0 spiro atoms. The summed E-state index contributed by atoms with van der Waals surface area (Å²) in [4.78, 5) is 15.0. The molecule has 5 atom stereocenters. The summed E-state index contributed by atoms with van der Waals surface area (Å²) in [5.41, 5.74) is 0.619. The van der Waals surface area contributed by atoms with E-state index in [-0.39, 0.29) is 6.10 Å². The van der Waals surface area contributed by atoms with Crippen LogP contribution >= 0.6 is 0 Å². The summed E-state index contributed by atoms with van der Waals surface area (Å²) < 4.78 is 13.7. The first-order valence-electron chi connectivity index (χ1n) is 8.56. The first kappa shape index (κ1) is 14.2. The molecule has 0 aromatic heterocycles. The van der Waals surface area contributed by atoms with Crippen molar-refractivity contribution in [3.8, 4) is 0 Å². The van der Waals surface area contributed by atoms with E-state index in [1.807, 2.05) is 6.07 Å². The van der Waals surface area contributed by atoms with Crippen LogP contribution in [0.1, 0.15) is 45.5 Å². The van der Waals surface area contributed by atoms with Gasteiger partial charge in [-0.15, -0.1) is 0 Å². The highest BCUT2D eigenvalue weighted by molar-refractivity contribution is 5.79. The lowest BCUT2D eigenvalue weighted by atomic mass is 9.94. The quantitative estimate of drug-likeness (QED) is 0.867. The molecule has 2 aliphatic rings. The molecule has 0 aliphatic carbocycles. The Labute approximate surface area is 133 Å². The molecule has 0 radical (unpaired) electrons. The molecule has 0 amide bonds. The maximum atomic E-state index is 12.7. The Morgan fingerprint density at radius 3 is 2.45 bits per heavy atom. The lowest BCUT2D eigenvalue weighted by molar-refractivity contribution is -0.156. The molecule has 2 saturated heterocycles.